The first-order valence-electron chi connectivity index (χ1n) is 6.93. The van der Waals surface area contributed by atoms with Gasteiger partial charge in [-0.25, -0.2) is 18.2 Å². The maximum atomic E-state index is 11.9. The van der Waals surface area contributed by atoms with Gasteiger partial charge in [0.2, 0.25) is 22.4 Å². The SMILES string of the molecule is COC(=O)[C@](C)(Cc1ccc2[nH]c(NS(C)(=O)=O)nc2c1)NC=O. The number of imidazole rings is 1. The van der Waals surface area contributed by atoms with Gasteiger partial charge in [0.05, 0.1) is 24.4 Å². The zero-order valence-electron chi connectivity index (χ0n) is 13.4. The monoisotopic (exact) mass is 354 g/mol. The third kappa shape index (κ3) is 4.02. The lowest BCUT2D eigenvalue weighted by Gasteiger charge is -2.25. The van der Waals surface area contributed by atoms with Gasteiger partial charge in [0, 0.05) is 6.42 Å². The molecule has 0 unspecified atom stereocenters. The summed E-state index contributed by atoms with van der Waals surface area (Å²) in [6.45, 7) is 1.55. The van der Waals surface area contributed by atoms with Crippen LogP contribution in [-0.2, 0) is 30.8 Å². The van der Waals surface area contributed by atoms with Crippen LogP contribution in [0, 0.1) is 0 Å². The zero-order valence-corrected chi connectivity index (χ0v) is 14.2. The van der Waals surface area contributed by atoms with Crippen LogP contribution in [0.2, 0.25) is 0 Å². The van der Waals surface area contributed by atoms with Gasteiger partial charge in [-0.15, -0.1) is 0 Å². The van der Waals surface area contributed by atoms with Crippen LogP contribution in [0.5, 0.6) is 0 Å². The normalized spacial score (nSPS) is 14.0. The van der Waals surface area contributed by atoms with E-state index in [4.69, 9.17) is 4.74 Å². The first-order chi connectivity index (χ1) is 11.2. The minimum atomic E-state index is -3.44. The molecular weight excluding hydrogens is 336 g/mol. The molecule has 1 aromatic carbocycles. The standard InChI is InChI=1S/C14H18N4O5S/c1-14(15-8-19,12(20)23-2)7-9-4-5-10-11(6-9)17-13(16-10)18-24(3,21)22/h4-6,8H,7H2,1-3H3,(H,15,19)(H2,16,17,18)/t14-/m0/s1. The molecule has 0 aliphatic carbocycles. The fraction of sp³-hybridized carbons (Fsp3) is 0.357. The van der Waals surface area contributed by atoms with Crippen molar-refractivity contribution < 1.29 is 22.7 Å². The zero-order chi connectivity index (χ0) is 18.0. The fourth-order valence-electron chi connectivity index (χ4n) is 2.33. The molecule has 1 heterocycles. The van der Waals surface area contributed by atoms with Gasteiger partial charge in [-0.1, -0.05) is 6.07 Å². The van der Waals surface area contributed by atoms with E-state index in [2.05, 4.69) is 20.0 Å². The van der Waals surface area contributed by atoms with Gasteiger partial charge in [0.1, 0.15) is 5.54 Å². The van der Waals surface area contributed by atoms with Crippen LogP contribution in [0.15, 0.2) is 18.2 Å². The number of hydrogen-bond acceptors (Lipinski definition) is 6. The van der Waals surface area contributed by atoms with Gasteiger partial charge in [0.15, 0.2) is 0 Å². The molecule has 10 heteroatoms. The van der Waals surface area contributed by atoms with E-state index in [0.29, 0.717) is 17.4 Å². The number of rotatable bonds is 7. The van der Waals surface area contributed by atoms with E-state index < -0.39 is 21.5 Å². The second kappa shape index (κ2) is 6.48. The Labute approximate surface area is 138 Å². The summed E-state index contributed by atoms with van der Waals surface area (Å²) < 4.78 is 29.5. The lowest BCUT2D eigenvalue weighted by atomic mass is 9.93. The highest BCUT2D eigenvalue weighted by Gasteiger charge is 2.34. The van der Waals surface area contributed by atoms with Crippen molar-refractivity contribution in [2.45, 2.75) is 18.9 Å². The number of aromatic amines is 1. The predicted molar refractivity (Wildman–Crippen MR) is 87.9 cm³/mol. The average Bonchev–Trinajstić information content (AvgIpc) is 2.85. The molecule has 1 amide bonds. The number of nitrogens with one attached hydrogen (secondary N) is 3. The Kier molecular flexibility index (Phi) is 4.78. The number of sulfonamides is 1. The lowest BCUT2D eigenvalue weighted by Crippen LogP contribution is -2.51. The molecule has 9 nitrogen and oxygen atoms in total. The molecule has 1 atom stereocenters. The molecule has 0 spiro atoms. The lowest BCUT2D eigenvalue weighted by molar-refractivity contribution is -0.148. The number of carbonyl (C=O) groups is 2. The predicted octanol–water partition coefficient (Wildman–Crippen LogP) is 0.155. The van der Waals surface area contributed by atoms with E-state index in [9.17, 15) is 18.0 Å². The van der Waals surface area contributed by atoms with Gasteiger partial charge in [-0.05, 0) is 24.6 Å². The first kappa shape index (κ1) is 17.7. The van der Waals surface area contributed by atoms with E-state index in [0.717, 1.165) is 11.8 Å². The third-order valence-electron chi connectivity index (χ3n) is 3.40. The number of methoxy groups -OCH3 is 1. The van der Waals surface area contributed by atoms with E-state index in [1.54, 1.807) is 25.1 Å². The van der Waals surface area contributed by atoms with Crippen LogP contribution in [0.1, 0.15) is 12.5 Å². The molecular formula is C14H18N4O5S. The number of H-pyrrole nitrogens is 1. The smallest absolute Gasteiger partial charge is 0.331 e. The Bertz CT molecular complexity index is 876. The van der Waals surface area contributed by atoms with Crippen LogP contribution in [0.3, 0.4) is 0 Å². The Balaban J connectivity index is 2.32. The van der Waals surface area contributed by atoms with Gasteiger partial charge < -0.3 is 15.0 Å². The summed E-state index contributed by atoms with van der Waals surface area (Å²) >= 11 is 0. The van der Waals surface area contributed by atoms with Crippen molar-refractivity contribution in [3.63, 3.8) is 0 Å². The second-order valence-electron chi connectivity index (χ2n) is 5.57. The van der Waals surface area contributed by atoms with Crippen molar-refractivity contribution in [2.75, 3.05) is 18.1 Å². The Morgan fingerprint density at radius 3 is 2.75 bits per heavy atom. The number of esters is 1. The van der Waals surface area contributed by atoms with Gasteiger partial charge in [-0.2, -0.15) is 0 Å². The molecule has 0 saturated heterocycles. The van der Waals surface area contributed by atoms with Crippen molar-refractivity contribution in [3.8, 4) is 0 Å². The average molecular weight is 354 g/mol. The minimum Gasteiger partial charge on any atom is -0.467 e. The van der Waals surface area contributed by atoms with Crippen LogP contribution in [0.4, 0.5) is 5.95 Å². The summed E-state index contributed by atoms with van der Waals surface area (Å²) in [6, 6.07) is 5.16. The minimum absolute atomic E-state index is 0.103. The number of carbonyl (C=O) groups excluding carboxylic acids is 2. The second-order valence-corrected chi connectivity index (χ2v) is 7.32. The van der Waals surface area contributed by atoms with E-state index in [-0.39, 0.29) is 12.4 Å². The fourth-order valence-corrected chi connectivity index (χ4v) is 2.78. The Morgan fingerprint density at radius 1 is 1.46 bits per heavy atom. The highest BCUT2D eigenvalue weighted by atomic mass is 32.2. The third-order valence-corrected chi connectivity index (χ3v) is 3.96. The van der Waals surface area contributed by atoms with Crippen molar-refractivity contribution >= 4 is 39.4 Å². The molecule has 0 aliphatic rings. The Hall–Kier alpha value is -2.62. The number of hydrogen-bond donors (Lipinski definition) is 3. The van der Waals surface area contributed by atoms with Crippen LogP contribution in [-0.4, -0.2) is 49.7 Å². The summed E-state index contributed by atoms with van der Waals surface area (Å²) in [5.41, 5.74) is 0.668. The maximum Gasteiger partial charge on any atom is 0.331 e. The summed E-state index contributed by atoms with van der Waals surface area (Å²) in [6.07, 6.45) is 1.66. The molecule has 0 saturated carbocycles. The highest BCUT2D eigenvalue weighted by molar-refractivity contribution is 7.91. The molecule has 24 heavy (non-hydrogen) atoms. The van der Waals surface area contributed by atoms with Crippen molar-refractivity contribution in [2.24, 2.45) is 0 Å². The molecule has 0 aliphatic heterocycles. The largest absolute Gasteiger partial charge is 0.467 e. The first-order valence-corrected chi connectivity index (χ1v) is 8.82. The molecule has 0 bridgehead atoms. The maximum absolute atomic E-state index is 11.9. The molecule has 1 aromatic heterocycles. The number of aromatic nitrogens is 2. The van der Waals surface area contributed by atoms with Gasteiger partial charge >= 0.3 is 5.97 Å². The van der Waals surface area contributed by atoms with Crippen LogP contribution >= 0.6 is 0 Å². The molecule has 130 valence electrons. The summed E-state index contributed by atoms with van der Waals surface area (Å²) in [5.74, 6) is -0.470. The summed E-state index contributed by atoms with van der Waals surface area (Å²) in [4.78, 5) is 29.7. The number of ether oxygens (including phenoxy) is 1. The van der Waals surface area contributed by atoms with Crippen LogP contribution in [0.25, 0.3) is 11.0 Å². The number of fused-ring (bicyclic) bond motifs is 1. The van der Waals surface area contributed by atoms with Gasteiger partial charge in [-0.3, -0.25) is 9.52 Å². The van der Waals surface area contributed by atoms with E-state index >= 15 is 0 Å². The topological polar surface area (TPSA) is 130 Å². The van der Waals surface area contributed by atoms with E-state index in [1.807, 2.05) is 0 Å². The van der Waals surface area contributed by atoms with Crippen molar-refractivity contribution in [3.05, 3.63) is 23.8 Å². The molecule has 0 radical (unpaired) electrons. The summed E-state index contributed by atoms with van der Waals surface area (Å²) in [5, 5.41) is 2.47. The molecule has 3 N–H and O–H groups in total. The number of nitrogens with zero attached hydrogens (tertiary/aromatic N) is 1. The number of amides is 1. The number of benzene rings is 1. The number of anilines is 1. The highest BCUT2D eigenvalue weighted by Crippen LogP contribution is 2.20. The van der Waals surface area contributed by atoms with E-state index in [1.165, 1.54) is 7.11 Å². The molecule has 2 rings (SSSR count). The van der Waals surface area contributed by atoms with Crippen molar-refractivity contribution in [1.82, 2.24) is 15.3 Å². The molecule has 2 aromatic rings. The van der Waals surface area contributed by atoms with Crippen molar-refractivity contribution in [1.29, 1.82) is 0 Å². The Morgan fingerprint density at radius 2 is 2.17 bits per heavy atom. The van der Waals surface area contributed by atoms with Crippen LogP contribution < -0.4 is 10.0 Å². The van der Waals surface area contributed by atoms with Gasteiger partial charge in [0.25, 0.3) is 0 Å². The quantitative estimate of drug-likeness (QED) is 0.479. The molecule has 0 fully saturated rings. The summed E-state index contributed by atoms with van der Waals surface area (Å²) in [7, 11) is -2.20.